The van der Waals surface area contributed by atoms with Crippen LogP contribution in [-0.4, -0.2) is 27.1 Å². The van der Waals surface area contributed by atoms with Crippen molar-refractivity contribution in [3.63, 3.8) is 0 Å². The molecular formula is C18H18ClN3O3S. The lowest BCUT2D eigenvalue weighted by Gasteiger charge is -2.22. The van der Waals surface area contributed by atoms with E-state index in [1.807, 2.05) is 6.07 Å². The Balaban J connectivity index is 2.14. The number of nitrogens with one attached hydrogen (secondary N) is 1. The van der Waals surface area contributed by atoms with Crippen molar-refractivity contribution >= 4 is 38.9 Å². The summed E-state index contributed by atoms with van der Waals surface area (Å²) >= 11 is 6.03. The molecule has 8 heteroatoms. The molecule has 0 aliphatic carbocycles. The van der Waals surface area contributed by atoms with Gasteiger partial charge in [0, 0.05) is 23.7 Å². The third kappa shape index (κ3) is 4.97. The van der Waals surface area contributed by atoms with Crippen LogP contribution in [0.25, 0.3) is 0 Å². The standard InChI is InChI=1S/C18H18ClN3O3S/c1-13-16(19)7-4-8-17(13)21-18(23)9-10-22(26(2,24)25)15-6-3-5-14(11-15)12-20/h3-8,11H,9-10H2,1-2H3,(H,21,23). The number of amides is 1. The monoisotopic (exact) mass is 391 g/mol. The van der Waals surface area contributed by atoms with Gasteiger partial charge in [-0.1, -0.05) is 23.7 Å². The van der Waals surface area contributed by atoms with Crippen LogP contribution in [-0.2, 0) is 14.8 Å². The number of carbonyl (C=O) groups excluding carboxylic acids is 1. The van der Waals surface area contributed by atoms with E-state index in [0.717, 1.165) is 16.1 Å². The van der Waals surface area contributed by atoms with Gasteiger partial charge in [0.1, 0.15) is 0 Å². The Morgan fingerprint density at radius 2 is 1.96 bits per heavy atom. The van der Waals surface area contributed by atoms with Gasteiger partial charge in [0.25, 0.3) is 0 Å². The molecule has 0 saturated carbocycles. The highest BCUT2D eigenvalue weighted by Gasteiger charge is 2.19. The van der Waals surface area contributed by atoms with Gasteiger partial charge in [-0.2, -0.15) is 5.26 Å². The summed E-state index contributed by atoms with van der Waals surface area (Å²) in [7, 11) is -3.60. The highest BCUT2D eigenvalue weighted by Crippen LogP contribution is 2.23. The van der Waals surface area contributed by atoms with Crippen LogP contribution >= 0.6 is 11.6 Å². The average molecular weight is 392 g/mol. The molecule has 6 nitrogen and oxygen atoms in total. The minimum absolute atomic E-state index is 0.0425. The number of halogens is 1. The summed E-state index contributed by atoms with van der Waals surface area (Å²) in [6, 6.07) is 13.4. The van der Waals surface area contributed by atoms with E-state index in [0.29, 0.717) is 22.0 Å². The Hall–Kier alpha value is -2.56. The van der Waals surface area contributed by atoms with Gasteiger partial charge in [0.05, 0.1) is 23.6 Å². The van der Waals surface area contributed by atoms with Crippen LogP contribution in [0.1, 0.15) is 17.5 Å². The second-order valence-corrected chi connectivity index (χ2v) is 8.02. The predicted octanol–water partition coefficient (Wildman–Crippen LogP) is 3.31. The number of hydrogen-bond donors (Lipinski definition) is 1. The Morgan fingerprint density at radius 1 is 1.27 bits per heavy atom. The Kier molecular flexibility index (Phi) is 6.24. The topological polar surface area (TPSA) is 90.3 Å². The summed E-state index contributed by atoms with van der Waals surface area (Å²) in [5.41, 5.74) is 2.01. The Bertz CT molecular complexity index is 968. The number of anilines is 2. The molecule has 0 heterocycles. The van der Waals surface area contributed by atoms with Crippen molar-refractivity contribution in [3.8, 4) is 6.07 Å². The molecule has 0 saturated heterocycles. The van der Waals surface area contributed by atoms with Crippen molar-refractivity contribution in [3.05, 3.63) is 58.6 Å². The first-order valence-electron chi connectivity index (χ1n) is 7.75. The molecule has 0 radical (unpaired) electrons. The summed E-state index contributed by atoms with van der Waals surface area (Å²) < 4.78 is 25.3. The zero-order valence-corrected chi connectivity index (χ0v) is 15.9. The number of nitriles is 1. The first-order chi connectivity index (χ1) is 12.2. The summed E-state index contributed by atoms with van der Waals surface area (Å²) in [6.45, 7) is 1.74. The van der Waals surface area contributed by atoms with Gasteiger partial charge in [-0.15, -0.1) is 0 Å². The van der Waals surface area contributed by atoms with Gasteiger partial charge >= 0.3 is 0 Å². The first-order valence-corrected chi connectivity index (χ1v) is 9.98. The molecule has 2 aromatic carbocycles. The van der Waals surface area contributed by atoms with Gasteiger partial charge in [-0.25, -0.2) is 8.42 Å². The summed E-state index contributed by atoms with van der Waals surface area (Å²) in [5.74, 6) is -0.333. The minimum Gasteiger partial charge on any atom is -0.326 e. The van der Waals surface area contributed by atoms with Crippen LogP contribution in [0.15, 0.2) is 42.5 Å². The third-order valence-electron chi connectivity index (χ3n) is 3.75. The number of rotatable bonds is 6. The lowest BCUT2D eigenvalue weighted by Crippen LogP contribution is -2.33. The molecule has 0 spiro atoms. The number of nitrogens with zero attached hydrogens (tertiary/aromatic N) is 2. The highest BCUT2D eigenvalue weighted by atomic mass is 35.5. The third-order valence-corrected chi connectivity index (χ3v) is 5.35. The fourth-order valence-electron chi connectivity index (χ4n) is 2.38. The van der Waals surface area contributed by atoms with E-state index in [1.54, 1.807) is 43.3 Å². The van der Waals surface area contributed by atoms with Gasteiger partial charge < -0.3 is 5.32 Å². The van der Waals surface area contributed by atoms with Crippen molar-refractivity contribution in [1.82, 2.24) is 0 Å². The number of carbonyl (C=O) groups is 1. The predicted molar refractivity (Wildman–Crippen MR) is 103 cm³/mol. The van der Waals surface area contributed by atoms with Crippen LogP contribution in [0.3, 0.4) is 0 Å². The molecular weight excluding hydrogens is 374 g/mol. The summed E-state index contributed by atoms with van der Waals surface area (Å²) in [6.07, 6.45) is 1.01. The van der Waals surface area contributed by atoms with E-state index < -0.39 is 10.0 Å². The van der Waals surface area contributed by atoms with Crippen LogP contribution < -0.4 is 9.62 Å². The minimum atomic E-state index is -3.60. The smallest absolute Gasteiger partial charge is 0.232 e. The molecule has 0 unspecified atom stereocenters. The SMILES string of the molecule is Cc1c(Cl)cccc1NC(=O)CCN(c1cccc(C#N)c1)S(C)(=O)=O. The number of benzene rings is 2. The van der Waals surface area contributed by atoms with Crippen molar-refractivity contribution in [1.29, 1.82) is 5.26 Å². The van der Waals surface area contributed by atoms with E-state index in [4.69, 9.17) is 16.9 Å². The van der Waals surface area contributed by atoms with Gasteiger partial charge in [0.15, 0.2) is 0 Å². The van der Waals surface area contributed by atoms with Gasteiger partial charge in [0.2, 0.25) is 15.9 Å². The van der Waals surface area contributed by atoms with Crippen molar-refractivity contribution in [2.45, 2.75) is 13.3 Å². The second-order valence-electron chi connectivity index (χ2n) is 5.71. The quantitative estimate of drug-likeness (QED) is 0.817. The Labute approximate surface area is 158 Å². The van der Waals surface area contributed by atoms with Crippen LogP contribution in [0.4, 0.5) is 11.4 Å². The molecule has 0 bridgehead atoms. The number of sulfonamides is 1. The summed E-state index contributed by atoms with van der Waals surface area (Å²) in [4.78, 5) is 12.2. The zero-order valence-electron chi connectivity index (χ0n) is 14.4. The van der Waals surface area contributed by atoms with E-state index in [1.165, 1.54) is 6.07 Å². The molecule has 26 heavy (non-hydrogen) atoms. The Morgan fingerprint density at radius 3 is 2.62 bits per heavy atom. The molecule has 2 rings (SSSR count). The maximum atomic E-state index is 12.2. The molecule has 0 aliphatic rings. The fourth-order valence-corrected chi connectivity index (χ4v) is 3.47. The highest BCUT2D eigenvalue weighted by molar-refractivity contribution is 7.92. The molecule has 2 aromatic rings. The van der Waals surface area contributed by atoms with Gasteiger partial charge in [-0.3, -0.25) is 9.10 Å². The molecule has 0 aliphatic heterocycles. The second kappa shape index (κ2) is 8.21. The average Bonchev–Trinajstić information content (AvgIpc) is 2.58. The summed E-state index contributed by atoms with van der Waals surface area (Å²) in [5, 5.41) is 12.3. The fraction of sp³-hybridized carbons (Fsp3) is 0.222. The van der Waals surface area contributed by atoms with Crippen LogP contribution in [0.5, 0.6) is 0 Å². The molecule has 0 atom stereocenters. The van der Waals surface area contributed by atoms with Crippen molar-refractivity contribution in [2.24, 2.45) is 0 Å². The van der Waals surface area contributed by atoms with Crippen molar-refractivity contribution < 1.29 is 13.2 Å². The van der Waals surface area contributed by atoms with Crippen LogP contribution in [0.2, 0.25) is 5.02 Å². The maximum absolute atomic E-state index is 12.2. The van der Waals surface area contributed by atoms with E-state index in [2.05, 4.69) is 5.32 Å². The molecule has 136 valence electrons. The molecule has 0 aromatic heterocycles. The molecule has 1 amide bonds. The molecule has 0 fully saturated rings. The van der Waals surface area contributed by atoms with E-state index >= 15 is 0 Å². The van der Waals surface area contributed by atoms with E-state index in [-0.39, 0.29) is 18.9 Å². The normalized spacial score (nSPS) is 10.8. The number of hydrogen-bond acceptors (Lipinski definition) is 4. The molecule has 1 N–H and O–H groups in total. The van der Waals surface area contributed by atoms with E-state index in [9.17, 15) is 13.2 Å². The zero-order chi connectivity index (χ0) is 19.3. The first kappa shape index (κ1) is 19.8. The maximum Gasteiger partial charge on any atom is 0.232 e. The van der Waals surface area contributed by atoms with Crippen LogP contribution in [0, 0.1) is 18.3 Å². The van der Waals surface area contributed by atoms with Crippen molar-refractivity contribution in [2.75, 3.05) is 22.4 Å². The lowest BCUT2D eigenvalue weighted by molar-refractivity contribution is -0.116. The lowest BCUT2D eigenvalue weighted by atomic mass is 10.2. The largest absolute Gasteiger partial charge is 0.326 e. The van der Waals surface area contributed by atoms with Gasteiger partial charge in [-0.05, 0) is 42.8 Å².